The summed E-state index contributed by atoms with van der Waals surface area (Å²) in [6.45, 7) is 3.01. The number of methoxy groups -OCH3 is 1. The normalized spacial score (nSPS) is 15.3. The summed E-state index contributed by atoms with van der Waals surface area (Å²) in [7, 11) is 1.55. The van der Waals surface area contributed by atoms with Crippen LogP contribution in [0.15, 0.2) is 35.0 Å². The molecule has 27 heavy (non-hydrogen) atoms. The second-order valence-electron chi connectivity index (χ2n) is 6.33. The Balaban J connectivity index is 1.55. The van der Waals surface area contributed by atoms with Gasteiger partial charge in [0, 0.05) is 36.6 Å². The first-order chi connectivity index (χ1) is 13.1. The molecule has 1 fully saturated rings. The van der Waals surface area contributed by atoms with E-state index in [4.69, 9.17) is 16.3 Å². The highest BCUT2D eigenvalue weighted by Crippen LogP contribution is 2.27. The molecule has 144 valence electrons. The molecule has 0 saturated carbocycles. The zero-order valence-corrected chi connectivity index (χ0v) is 16.7. The highest BCUT2D eigenvalue weighted by molar-refractivity contribution is 7.08. The minimum atomic E-state index is -0.131. The average Bonchev–Trinajstić information content (AvgIpc) is 3.09. The van der Waals surface area contributed by atoms with E-state index in [0.717, 1.165) is 18.5 Å². The van der Waals surface area contributed by atoms with Gasteiger partial charge in [-0.05, 0) is 36.1 Å². The third-order valence-electron chi connectivity index (χ3n) is 4.45. The van der Waals surface area contributed by atoms with E-state index >= 15 is 0 Å². The lowest BCUT2D eigenvalue weighted by Crippen LogP contribution is -2.38. The Morgan fingerprint density at radius 3 is 2.81 bits per heavy atom. The van der Waals surface area contributed by atoms with E-state index in [1.165, 1.54) is 11.3 Å². The lowest BCUT2D eigenvalue weighted by Gasteiger charge is -2.21. The van der Waals surface area contributed by atoms with Crippen molar-refractivity contribution in [1.29, 1.82) is 0 Å². The molecular weight excluding hydrogens is 386 g/mol. The Bertz CT molecular complexity index is 798. The summed E-state index contributed by atoms with van der Waals surface area (Å²) in [6.07, 6.45) is 0.837. The Hall–Kier alpha value is -2.09. The number of hydrogen-bond donors (Lipinski definition) is 1. The first-order valence-electron chi connectivity index (χ1n) is 8.74. The molecular formula is C19H22ClN3O3S. The van der Waals surface area contributed by atoms with Crippen LogP contribution in [0.4, 0.5) is 5.69 Å². The van der Waals surface area contributed by atoms with Gasteiger partial charge in [-0.15, -0.1) is 0 Å². The van der Waals surface area contributed by atoms with Gasteiger partial charge in [-0.1, -0.05) is 11.6 Å². The number of benzene rings is 1. The summed E-state index contributed by atoms with van der Waals surface area (Å²) in [5.74, 6) is 0.496. The van der Waals surface area contributed by atoms with Crippen molar-refractivity contribution < 1.29 is 14.3 Å². The second-order valence-corrected chi connectivity index (χ2v) is 7.54. The lowest BCUT2D eigenvalue weighted by molar-refractivity contribution is -0.117. The van der Waals surface area contributed by atoms with Crippen LogP contribution in [0, 0.1) is 0 Å². The highest BCUT2D eigenvalue weighted by Gasteiger charge is 2.22. The van der Waals surface area contributed by atoms with Crippen LogP contribution in [-0.4, -0.2) is 61.4 Å². The fourth-order valence-electron chi connectivity index (χ4n) is 3.07. The van der Waals surface area contributed by atoms with Gasteiger partial charge in [0.1, 0.15) is 5.75 Å². The molecule has 0 unspecified atom stereocenters. The van der Waals surface area contributed by atoms with Gasteiger partial charge < -0.3 is 15.0 Å². The molecule has 1 aromatic carbocycles. The number of halogens is 1. The molecule has 0 spiro atoms. The summed E-state index contributed by atoms with van der Waals surface area (Å²) in [4.78, 5) is 28.9. The van der Waals surface area contributed by atoms with E-state index < -0.39 is 0 Å². The van der Waals surface area contributed by atoms with Crippen LogP contribution < -0.4 is 10.1 Å². The maximum atomic E-state index is 12.5. The Labute approximate surface area is 167 Å². The minimum absolute atomic E-state index is 0.0613. The smallest absolute Gasteiger partial charge is 0.254 e. The van der Waals surface area contributed by atoms with E-state index in [1.54, 1.807) is 25.3 Å². The van der Waals surface area contributed by atoms with Crippen LogP contribution in [-0.2, 0) is 4.79 Å². The number of carbonyl (C=O) groups is 2. The summed E-state index contributed by atoms with van der Waals surface area (Å²) in [5, 5.41) is 7.17. The van der Waals surface area contributed by atoms with Crippen LogP contribution in [0.25, 0.3) is 0 Å². The summed E-state index contributed by atoms with van der Waals surface area (Å²) >= 11 is 7.53. The molecule has 2 amide bonds. The molecule has 0 radical (unpaired) electrons. The third-order valence-corrected chi connectivity index (χ3v) is 5.37. The number of hydrogen-bond acceptors (Lipinski definition) is 5. The van der Waals surface area contributed by atoms with Gasteiger partial charge in [0.2, 0.25) is 5.91 Å². The Morgan fingerprint density at radius 2 is 2.07 bits per heavy atom. The standard InChI is InChI=1S/C19H22ClN3O3S/c1-26-17-4-3-15(20)11-16(17)21-18(24)12-22-6-2-7-23(9-8-22)19(25)14-5-10-27-13-14/h3-5,10-11,13H,2,6-9,12H2,1H3,(H,21,24). The van der Waals surface area contributed by atoms with Crippen LogP contribution in [0.1, 0.15) is 16.8 Å². The molecule has 2 aromatic rings. The second kappa shape index (κ2) is 9.21. The molecule has 1 saturated heterocycles. The van der Waals surface area contributed by atoms with Crippen LogP contribution >= 0.6 is 22.9 Å². The number of anilines is 1. The van der Waals surface area contributed by atoms with Gasteiger partial charge in [0.05, 0.1) is 24.9 Å². The molecule has 8 heteroatoms. The van der Waals surface area contributed by atoms with Gasteiger partial charge in [-0.2, -0.15) is 11.3 Å². The van der Waals surface area contributed by atoms with Gasteiger partial charge in [-0.3, -0.25) is 14.5 Å². The van der Waals surface area contributed by atoms with Gasteiger partial charge in [0.15, 0.2) is 0 Å². The number of nitrogens with zero attached hydrogens (tertiary/aromatic N) is 2. The molecule has 2 heterocycles. The molecule has 0 aliphatic carbocycles. The SMILES string of the molecule is COc1ccc(Cl)cc1NC(=O)CN1CCCN(C(=O)c2ccsc2)CC1. The highest BCUT2D eigenvalue weighted by atomic mass is 35.5. The molecule has 0 bridgehead atoms. The monoisotopic (exact) mass is 407 g/mol. The van der Waals surface area contributed by atoms with Gasteiger partial charge in [-0.25, -0.2) is 0 Å². The maximum Gasteiger partial charge on any atom is 0.254 e. The van der Waals surface area contributed by atoms with Crippen molar-refractivity contribution >= 4 is 40.4 Å². The van der Waals surface area contributed by atoms with E-state index in [2.05, 4.69) is 10.2 Å². The quantitative estimate of drug-likeness (QED) is 0.826. The predicted octanol–water partition coefficient (Wildman–Crippen LogP) is 3.20. The summed E-state index contributed by atoms with van der Waals surface area (Å²) in [5.41, 5.74) is 1.29. The van der Waals surface area contributed by atoms with Crippen LogP contribution in [0.3, 0.4) is 0 Å². The first-order valence-corrected chi connectivity index (χ1v) is 10.1. The lowest BCUT2D eigenvalue weighted by atomic mass is 10.3. The predicted molar refractivity (Wildman–Crippen MR) is 108 cm³/mol. The van der Waals surface area contributed by atoms with Crippen molar-refractivity contribution in [3.05, 3.63) is 45.6 Å². The summed E-state index contributed by atoms with van der Waals surface area (Å²) < 4.78 is 5.26. The number of nitrogens with one attached hydrogen (secondary N) is 1. The zero-order valence-electron chi connectivity index (χ0n) is 15.1. The molecule has 1 aliphatic rings. The molecule has 6 nitrogen and oxygen atoms in total. The number of carbonyl (C=O) groups excluding carboxylic acids is 2. The molecule has 1 aliphatic heterocycles. The molecule has 1 aromatic heterocycles. The van der Waals surface area contributed by atoms with Gasteiger partial charge in [0.25, 0.3) is 5.91 Å². The molecule has 1 N–H and O–H groups in total. The Morgan fingerprint density at radius 1 is 1.22 bits per heavy atom. The van der Waals surface area contributed by atoms with Crippen molar-refractivity contribution in [2.24, 2.45) is 0 Å². The van der Waals surface area contributed by atoms with Crippen molar-refractivity contribution in [2.45, 2.75) is 6.42 Å². The largest absolute Gasteiger partial charge is 0.495 e. The van der Waals surface area contributed by atoms with Crippen LogP contribution in [0.5, 0.6) is 5.75 Å². The minimum Gasteiger partial charge on any atom is -0.495 e. The molecule has 0 atom stereocenters. The van der Waals surface area contributed by atoms with Gasteiger partial charge >= 0.3 is 0 Å². The van der Waals surface area contributed by atoms with E-state index in [1.807, 2.05) is 21.7 Å². The number of amides is 2. The number of thiophene rings is 1. The topological polar surface area (TPSA) is 61.9 Å². The van der Waals surface area contributed by atoms with Crippen molar-refractivity contribution in [1.82, 2.24) is 9.80 Å². The van der Waals surface area contributed by atoms with E-state index in [-0.39, 0.29) is 18.4 Å². The van der Waals surface area contributed by atoms with Crippen molar-refractivity contribution in [3.8, 4) is 5.75 Å². The maximum absolute atomic E-state index is 12.5. The average molecular weight is 408 g/mol. The molecule has 3 rings (SSSR count). The number of rotatable bonds is 5. The first kappa shape index (κ1) is 19.7. The zero-order chi connectivity index (χ0) is 19.2. The van der Waals surface area contributed by atoms with Crippen LogP contribution in [0.2, 0.25) is 5.02 Å². The number of ether oxygens (including phenoxy) is 1. The fraction of sp³-hybridized carbons (Fsp3) is 0.368. The third kappa shape index (κ3) is 5.22. The summed E-state index contributed by atoms with van der Waals surface area (Å²) in [6, 6.07) is 6.95. The van der Waals surface area contributed by atoms with E-state index in [0.29, 0.717) is 36.1 Å². The van der Waals surface area contributed by atoms with Crippen molar-refractivity contribution in [3.63, 3.8) is 0 Å². The Kier molecular flexibility index (Phi) is 6.71. The fourth-order valence-corrected chi connectivity index (χ4v) is 3.87. The van der Waals surface area contributed by atoms with Crippen molar-refractivity contribution in [2.75, 3.05) is 45.2 Å². The van der Waals surface area contributed by atoms with E-state index in [9.17, 15) is 9.59 Å².